The molecule has 0 amide bonds. The number of nitrogens with two attached hydrogens (primary N) is 1. The maximum atomic E-state index is 11.9. The zero-order chi connectivity index (χ0) is 11.7. The minimum Gasteiger partial charge on any atom is -0.507 e. The van der Waals surface area contributed by atoms with Gasteiger partial charge in [-0.1, -0.05) is 6.07 Å². The third-order valence-electron chi connectivity index (χ3n) is 2.34. The second-order valence-corrected chi connectivity index (χ2v) is 3.38. The zero-order valence-electron chi connectivity index (χ0n) is 8.43. The molecular weight excluding hydrogens is 210 g/mol. The second-order valence-electron chi connectivity index (χ2n) is 3.38. The lowest BCUT2D eigenvalue weighted by Crippen LogP contribution is -2.37. The lowest BCUT2D eigenvalue weighted by atomic mass is 10.2. The van der Waals surface area contributed by atoms with Crippen LogP contribution in [-0.4, -0.2) is 21.2 Å². The molecule has 84 valence electrons. The molecule has 6 nitrogen and oxygen atoms in total. The summed E-state index contributed by atoms with van der Waals surface area (Å²) in [5.41, 5.74) is 4.58. The fourth-order valence-electron chi connectivity index (χ4n) is 1.61. The molecule has 0 unspecified atom stereocenters. The maximum absolute atomic E-state index is 11.9. The highest BCUT2D eigenvalue weighted by Gasteiger charge is 2.09. The van der Waals surface area contributed by atoms with Crippen LogP contribution in [0.15, 0.2) is 27.8 Å². The highest BCUT2D eigenvalue weighted by Crippen LogP contribution is 2.17. The molecule has 1 aromatic carbocycles. The number of aromatic nitrogens is 2. The van der Waals surface area contributed by atoms with Gasteiger partial charge in [0.2, 0.25) is 0 Å². The molecule has 4 N–H and O–H groups in total. The van der Waals surface area contributed by atoms with Gasteiger partial charge in [-0.25, -0.2) is 4.79 Å². The summed E-state index contributed by atoms with van der Waals surface area (Å²) >= 11 is 0. The van der Waals surface area contributed by atoms with E-state index in [2.05, 4.69) is 4.98 Å². The molecule has 1 heterocycles. The third kappa shape index (κ3) is 1.49. The zero-order valence-corrected chi connectivity index (χ0v) is 8.43. The molecule has 2 aromatic rings. The molecule has 0 saturated carbocycles. The molecular formula is C10H11N3O3. The highest BCUT2D eigenvalue weighted by atomic mass is 16.3. The van der Waals surface area contributed by atoms with Gasteiger partial charge in [0, 0.05) is 13.1 Å². The molecule has 0 atom stereocenters. The first-order valence-corrected chi connectivity index (χ1v) is 4.80. The average Bonchev–Trinajstić information content (AvgIpc) is 2.24. The van der Waals surface area contributed by atoms with Crippen LogP contribution in [0.5, 0.6) is 5.75 Å². The van der Waals surface area contributed by atoms with E-state index in [1.165, 1.54) is 6.07 Å². The summed E-state index contributed by atoms with van der Waals surface area (Å²) < 4.78 is 0.974. The Morgan fingerprint density at radius 1 is 1.38 bits per heavy atom. The first-order chi connectivity index (χ1) is 7.65. The Kier molecular flexibility index (Phi) is 2.49. The Labute approximate surface area is 89.9 Å². The first-order valence-electron chi connectivity index (χ1n) is 4.80. The van der Waals surface area contributed by atoms with Crippen LogP contribution in [-0.2, 0) is 6.54 Å². The summed E-state index contributed by atoms with van der Waals surface area (Å²) in [6.07, 6.45) is 0. The van der Waals surface area contributed by atoms with Crippen LogP contribution in [0.3, 0.4) is 0 Å². The van der Waals surface area contributed by atoms with E-state index >= 15 is 0 Å². The Hall–Kier alpha value is -2.08. The van der Waals surface area contributed by atoms with Gasteiger partial charge in [0.15, 0.2) is 0 Å². The van der Waals surface area contributed by atoms with E-state index in [1.807, 2.05) is 0 Å². The van der Waals surface area contributed by atoms with Crippen molar-refractivity contribution in [2.75, 3.05) is 6.54 Å². The van der Waals surface area contributed by atoms with Gasteiger partial charge in [-0.2, -0.15) is 0 Å². The Morgan fingerprint density at radius 3 is 2.81 bits per heavy atom. The standard InChI is InChI=1S/C10H11N3O3/c11-4-5-13-9(15)8-6(12-10(13)16)2-1-3-7(8)14/h1-3,14H,4-5,11H2,(H,12,16). The summed E-state index contributed by atoms with van der Waals surface area (Å²) in [4.78, 5) is 25.9. The van der Waals surface area contributed by atoms with Gasteiger partial charge < -0.3 is 15.8 Å². The fraction of sp³-hybridized carbons (Fsp3) is 0.200. The predicted octanol–water partition coefficient (Wildman–Crippen LogP) is -0.646. The van der Waals surface area contributed by atoms with E-state index < -0.39 is 11.2 Å². The number of nitrogens with zero attached hydrogens (tertiary/aromatic N) is 1. The monoisotopic (exact) mass is 221 g/mol. The number of hydrogen-bond acceptors (Lipinski definition) is 4. The smallest absolute Gasteiger partial charge is 0.328 e. The summed E-state index contributed by atoms with van der Waals surface area (Å²) in [5.74, 6) is -0.149. The number of rotatable bonds is 2. The number of H-pyrrole nitrogens is 1. The molecule has 2 rings (SSSR count). The number of phenols is 1. The van der Waals surface area contributed by atoms with Gasteiger partial charge in [-0.05, 0) is 12.1 Å². The quantitative estimate of drug-likeness (QED) is 0.627. The minimum atomic E-state index is -0.526. The van der Waals surface area contributed by atoms with Crippen molar-refractivity contribution in [1.82, 2.24) is 9.55 Å². The van der Waals surface area contributed by atoms with Gasteiger partial charge in [0.25, 0.3) is 5.56 Å². The normalized spacial score (nSPS) is 10.8. The van der Waals surface area contributed by atoms with E-state index in [4.69, 9.17) is 5.73 Å². The maximum Gasteiger partial charge on any atom is 0.328 e. The summed E-state index contributed by atoms with van der Waals surface area (Å²) in [6, 6.07) is 4.51. The molecule has 6 heteroatoms. The Balaban J connectivity index is 2.92. The number of phenolic OH excluding ortho intramolecular Hbond substituents is 1. The van der Waals surface area contributed by atoms with Crippen LogP contribution in [0.2, 0.25) is 0 Å². The summed E-state index contributed by atoms with van der Waals surface area (Å²) in [7, 11) is 0. The third-order valence-corrected chi connectivity index (χ3v) is 2.34. The molecule has 0 saturated heterocycles. The second kappa shape index (κ2) is 3.82. The van der Waals surface area contributed by atoms with Crippen molar-refractivity contribution in [1.29, 1.82) is 0 Å². The van der Waals surface area contributed by atoms with Gasteiger partial charge in [0.05, 0.1) is 5.52 Å². The molecule has 16 heavy (non-hydrogen) atoms. The molecule has 0 aliphatic rings. The fourth-order valence-corrected chi connectivity index (χ4v) is 1.61. The van der Waals surface area contributed by atoms with Crippen molar-refractivity contribution in [2.24, 2.45) is 5.73 Å². The molecule has 0 aliphatic carbocycles. The summed E-state index contributed by atoms with van der Waals surface area (Å²) in [5, 5.41) is 9.68. The van der Waals surface area contributed by atoms with Gasteiger partial charge in [0.1, 0.15) is 11.1 Å². The van der Waals surface area contributed by atoms with Crippen LogP contribution in [0.4, 0.5) is 0 Å². The van der Waals surface area contributed by atoms with Crippen LogP contribution in [0.1, 0.15) is 0 Å². The van der Waals surface area contributed by atoms with Crippen molar-refractivity contribution in [2.45, 2.75) is 6.54 Å². The van der Waals surface area contributed by atoms with Gasteiger partial charge >= 0.3 is 5.69 Å². The molecule has 0 fully saturated rings. The molecule has 0 spiro atoms. The SMILES string of the molecule is NCCn1c(=O)[nH]c2cccc(O)c2c1=O. The predicted molar refractivity (Wildman–Crippen MR) is 59.5 cm³/mol. The van der Waals surface area contributed by atoms with Crippen molar-refractivity contribution in [3.63, 3.8) is 0 Å². The molecule has 0 bridgehead atoms. The number of nitrogens with one attached hydrogen (secondary N) is 1. The summed E-state index contributed by atoms with van der Waals surface area (Å²) in [6.45, 7) is 0.306. The van der Waals surface area contributed by atoms with Crippen LogP contribution >= 0.6 is 0 Å². The van der Waals surface area contributed by atoms with E-state index in [-0.39, 0.29) is 24.2 Å². The van der Waals surface area contributed by atoms with E-state index in [9.17, 15) is 14.7 Å². The molecule has 0 aliphatic heterocycles. The Morgan fingerprint density at radius 2 is 2.12 bits per heavy atom. The average molecular weight is 221 g/mol. The number of fused-ring (bicyclic) bond motifs is 1. The first kappa shape index (κ1) is 10.4. The lowest BCUT2D eigenvalue weighted by Gasteiger charge is -2.05. The molecule has 1 aromatic heterocycles. The van der Waals surface area contributed by atoms with Crippen LogP contribution < -0.4 is 17.0 Å². The van der Waals surface area contributed by atoms with Crippen LogP contribution in [0, 0.1) is 0 Å². The van der Waals surface area contributed by atoms with Crippen molar-refractivity contribution in [3.05, 3.63) is 39.0 Å². The van der Waals surface area contributed by atoms with Gasteiger partial charge in [-0.3, -0.25) is 9.36 Å². The van der Waals surface area contributed by atoms with Gasteiger partial charge in [-0.15, -0.1) is 0 Å². The number of hydrogen-bond donors (Lipinski definition) is 3. The van der Waals surface area contributed by atoms with Crippen molar-refractivity contribution < 1.29 is 5.11 Å². The Bertz CT molecular complexity index is 642. The van der Waals surface area contributed by atoms with Crippen molar-refractivity contribution >= 4 is 10.9 Å². The minimum absolute atomic E-state index is 0.107. The topological polar surface area (TPSA) is 101 Å². The van der Waals surface area contributed by atoms with E-state index in [0.29, 0.717) is 5.52 Å². The van der Waals surface area contributed by atoms with Crippen molar-refractivity contribution in [3.8, 4) is 5.75 Å². The van der Waals surface area contributed by atoms with E-state index in [0.717, 1.165) is 4.57 Å². The van der Waals surface area contributed by atoms with Crippen LogP contribution in [0.25, 0.3) is 10.9 Å². The van der Waals surface area contributed by atoms with E-state index in [1.54, 1.807) is 12.1 Å². The molecule has 0 radical (unpaired) electrons. The highest BCUT2D eigenvalue weighted by molar-refractivity contribution is 5.83. The lowest BCUT2D eigenvalue weighted by molar-refractivity contribution is 0.480. The number of benzene rings is 1. The number of aromatic amines is 1. The largest absolute Gasteiger partial charge is 0.507 e. The number of aromatic hydroxyl groups is 1.